The van der Waals surface area contributed by atoms with Crippen molar-refractivity contribution >= 4 is 39.0 Å². The summed E-state index contributed by atoms with van der Waals surface area (Å²) < 4.78 is 32.0. The molecule has 9 heteroatoms. The van der Waals surface area contributed by atoms with Crippen LogP contribution in [-0.2, 0) is 6.61 Å². The molecule has 2 heterocycles. The highest BCUT2D eigenvalue weighted by Gasteiger charge is 2.31. The van der Waals surface area contributed by atoms with Gasteiger partial charge in [-0.25, -0.2) is 9.18 Å². The quantitative estimate of drug-likeness (QED) is 0.158. The normalized spacial score (nSPS) is 14.2. The highest BCUT2D eigenvalue weighted by molar-refractivity contribution is 7.21. The molecule has 5 aromatic rings. The summed E-state index contributed by atoms with van der Waals surface area (Å²) in [7, 11) is 0. The molecule has 1 atom stereocenters. The summed E-state index contributed by atoms with van der Waals surface area (Å²) >= 11 is 7.77. The number of rotatable bonds is 6. The van der Waals surface area contributed by atoms with Crippen molar-refractivity contribution in [3.63, 3.8) is 0 Å². The summed E-state index contributed by atoms with van der Waals surface area (Å²) in [6, 6.07) is 26.5. The van der Waals surface area contributed by atoms with Gasteiger partial charge in [-0.2, -0.15) is 5.26 Å². The lowest BCUT2D eigenvalue weighted by Gasteiger charge is -2.26. The number of allylic oxidation sites excluding steroid dienone is 1. The van der Waals surface area contributed by atoms with Crippen molar-refractivity contribution in [3.05, 3.63) is 134 Å². The van der Waals surface area contributed by atoms with Gasteiger partial charge in [-0.3, -0.25) is 0 Å². The second-order valence-corrected chi connectivity index (χ2v) is 11.1. The van der Waals surface area contributed by atoms with Gasteiger partial charge >= 0.3 is 5.97 Å². The van der Waals surface area contributed by atoms with Crippen molar-refractivity contribution < 1.29 is 23.4 Å². The lowest BCUT2D eigenvalue weighted by molar-refractivity contribution is 0.0740. The van der Waals surface area contributed by atoms with Crippen LogP contribution in [0.25, 0.3) is 10.1 Å². The van der Waals surface area contributed by atoms with Crippen molar-refractivity contribution in [2.45, 2.75) is 19.4 Å². The second kappa shape index (κ2) is 11.2. The standard InChI is InChI=1S/C33H22ClFN2O4S/c1-18-6-12-24-28(14-18)42-31(30(24)34)33(38)40-22-11-13-23-27(15-22)41-32(37)25(16-36)29(23)19-7-9-21(10-8-19)39-17-20-4-2-3-5-26(20)35/h2-15,29H,17,37H2,1H3. The van der Waals surface area contributed by atoms with Crippen LogP contribution >= 0.6 is 22.9 Å². The number of halogens is 2. The predicted octanol–water partition coefficient (Wildman–Crippen LogP) is 8.02. The molecule has 2 N–H and O–H groups in total. The molecule has 1 aliphatic heterocycles. The van der Waals surface area contributed by atoms with Gasteiger partial charge in [-0.05, 0) is 48.4 Å². The number of carbonyl (C=O) groups excluding carboxylic acids is 1. The molecule has 0 radical (unpaired) electrons. The van der Waals surface area contributed by atoms with Crippen LogP contribution in [-0.4, -0.2) is 5.97 Å². The van der Waals surface area contributed by atoms with Crippen molar-refractivity contribution in [2.24, 2.45) is 5.73 Å². The van der Waals surface area contributed by atoms with Crippen LogP contribution in [0.15, 0.2) is 96.4 Å². The van der Waals surface area contributed by atoms with Crippen LogP contribution in [0.2, 0.25) is 5.02 Å². The first-order valence-electron chi connectivity index (χ1n) is 12.9. The molecule has 0 fully saturated rings. The summed E-state index contributed by atoms with van der Waals surface area (Å²) in [5, 5.41) is 11.0. The van der Waals surface area contributed by atoms with E-state index in [1.807, 2.05) is 37.3 Å². The summed E-state index contributed by atoms with van der Waals surface area (Å²) in [5.74, 6) is -0.336. The smallest absolute Gasteiger partial charge is 0.355 e. The summed E-state index contributed by atoms with van der Waals surface area (Å²) in [4.78, 5) is 13.4. The SMILES string of the molecule is Cc1ccc2c(Cl)c(C(=O)Oc3ccc4c(c3)OC(N)=C(C#N)C4c3ccc(OCc4ccccc4F)cc3)sc2c1. The average Bonchev–Trinajstić information content (AvgIpc) is 3.31. The van der Waals surface area contributed by atoms with E-state index < -0.39 is 11.9 Å². The minimum Gasteiger partial charge on any atom is -0.489 e. The van der Waals surface area contributed by atoms with Crippen molar-refractivity contribution in [1.82, 2.24) is 0 Å². The minimum atomic E-state index is -0.585. The molecule has 6 rings (SSSR count). The number of carbonyl (C=O) groups is 1. The Balaban J connectivity index is 1.25. The molecule has 1 aromatic heterocycles. The lowest BCUT2D eigenvalue weighted by atomic mass is 9.83. The highest BCUT2D eigenvalue weighted by Crippen LogP contribution is 2.44. The fourth-order valence-corrected chi connectivity index (χ4v) is 6.32. The molecule has 6 nitrogen and oxygen atoms in total. The van der Waals surface area contributed by atoms with Gasteiger partial charge in [-0.1, -0.05) is 60.1 Å². The van der Waals surface area contributed by atoms with Gasteiger partial charge in [0.25, 0.3) is 0 Å². The number of hydrogen-bond donors (Lipinski definition) is 1. The van der Waals surface area contributed by atoms with E-state index in [1.54, 1.807) is 48.5 Å². The van der Waals surface area contributed by atoms with Gasteiger partial charge in [0, 0.05) is 27.3 Å². The Morgan fingerprint density at radius 2 is 1.83 bits per heavy atom. The van der Waals surface area contributed by atoms with Crippen LogP contribution < -0.4 is 19.9 Å². The number of nitrogens with two attached hydrogens (primary N) is 1. The molecule has 1 aliphatic rings. The molecular formula is C33H22ClFN2O4S. The van der Waals surface area contributed by atoms with E-state index in [9.17, 15) is 14.4 Å². The van der Waals surface area contributed by atoms with Gasteiger partial charge < -0.3 is 19.9 Å². The van der Waals surface area contributed by atoms with Gasteiger partial charge in [0.05, 0.1) is 10.9 Å². The number of aryl methyl sites for hydroxylation is 1. The zero-order valence-corrected chi connectivity index (χ0v) is 23.8. The third-order valence-electron chi connectivity index (χ3n) is 6.94. The van der Waals surface area contributed by atoms with Crippen LogP contribution in [0, 0.1) is 24.1 Å². The molecule has 4 aromatic carbocycles. The topological polar surface area (TPSA) is 94.6 Å². The molecule has 1 unspecified atom stereocenters. The molecule has 42 heavy (non-hydrogen) atoms. The summed E-state index contributed by atoms with van der Waals surface area (Å²) in [5.41, 5.74) is 9.37. The Kier molecular flexibility index (Phi) is 7.29. The average molecular weight is 597 g/mol. The fourth-order valence-electron chi connectivity index (χ4n) is 4.83. The third kappa shape index (κ3) is 5.16. The van der Waals surface area contributed by atoms with Crippen LogP contribution in [0.3, 0.4) is 0 Å². The highest BCUT2D eigenvalue weighted by atomic mass is 35.5. The van der Waals surface area contributed by atoms with E-state index >= 15 is 0 Å². The molecule has 0 spiro atoms. The Morgan fingerprint density at radius 3 is 2.60 bits per heavy atom. The maximum absolute atomic E-state index is 13.9. The molecule has 0 saturated carbocycles. The predicted molar refractivity (Wildman–Crippen MR) is 159 cm³/mol. The zero-order chi connectivity index (χ0) is 29.4. The third-order valence-corrected chi connectivity index (χ3v) is 8.57. The number of ether oxygens (including phenoxy) is 3. The first kappa shape index (κ1) is 27.3. The number of hydrogen-bond acceptors (Lipinski definition) is 7. The monoisotopic (exact) mass is 596 g/mol. The van der Waals surface area contributed by atoms with E-state index in [2.05, 4.69) is 6.07 Å². The lowest BCUT2D eigenvalue weighted by Crippen LogP contribution is -2.21. The summed E-state index contributed by atoms with van der Waals surface area (Å²) in [6.45, 7) is 2.05. The zero-order valence-electron chi connectivity index (χ0n) is 22.2. The number of nitrogens with zero attached hydrogens (tertiary/aromatic N) is 1. The van der Waals surface area contributed by atoms with Gasteiger partial charge in [0.15, 0.2) is 0 Å². The number of fused-ring (bicyclic) bond motifs is 2. The van der Waals surface area contributed by atoms with Crippen LogP contribution in [0.1, 0.15) is 37.8 Å². The minimum absolute atomic E-state index is 0.0405. The van der Waals surface area contributed by atoms with E-state index in [4.69, 9.17) is 31.5 Å². The van der Waals surface area contributed by atoms with Crippen LogP contribution in [0.5, 0.6) is 17.2 Å². The van der Waals surface area contributed by atoms with Gasteiger partial charge in [0.1, 0.15) is 46.2 Å². The first-order chi connectivity index (χ1) is 20.3. The first-order valence-corrected chi connectivity index (χ1v) is 14.1. The number of thiophene rings is 1. The van der Waals surface area contributed by atoms with Crippen molar-refractivity contribution in [1.29, 1.82) is 5.26 Å². The van der Waals surface area contributed by atoms with E-state index in [0.29, 0.717) is 32.5 Å². The Morgan fingerprint density at radius 1 is 1.07 bits per heavy atom. The summed E-state index contributed by atoms with van der Waals surface area (Å²) in [6.07, 6.45) is 0. The Bertz CT molecular complexity index is 1930. The molecule has 0 amide bonds. The van der Waals surface area contributed by atoms with E-state index in [1.165, 1.54) is 17.4 Å². The van der Waals surface area contributed by atoms with E-state index in [-0.39, 0.29) is 29.6 Å². The second-order valence-electron chi connectivity index (χ2n) is 9.71. The number of nitriles is 1. The largest absolute Gasteiger partial charge is 0.489 e. The van der Waals surface area contributed by atoms with Gasteiger partial charge in [0.2, 0.25) is 5.88 Å². The number of benzene rings is 4. The molecule has 0 bridgehead atoms. The molecule has 0 saturated heterocycles. The van der Waals surface area contributed by atoms with Crippen molar-refractivity contribution in [2.75, 3.05) is 0 Å². The van der Waals surface area contributed by atoms with E-state index in [0.717, 1.165) is 21.2 Å². The fraction of sp³-hybridized carbons (Fsp3) is 0.0909. The van der Waals surface area contributed by atoms with Gasteiger partial charge in [-0.15, -0.1) is 11.3 Å². The van der Waals surface area contributed by atoms with Crippen LogP contribution in [0.4, 0.5) is 4.39 Å². The molecule has 0 aliphatic carbocycles. The molecular weight excluding hydrogens is 575 g/mol. The maximum Gasteiger partial charge on any atom is 0.355 e. The Hall–Kier alpha value is -4.84. The molecule has 208 valence electrons. The number of esters is 1. The Labute approximate surface area is 249 Å². The maximum atomic E-state index is 13.9. The van der Waals surface area contributed by atoms with Crippen molar-refractivity contribution in [3.8, 4) is 23.3 Å².